The summed E-state index contributed by atoms with van der Waals surface area (Å²) in [6.07, 6.45) is 9.10. The molecule has 5 rings (SSSR count). The lowest BCUT2D eigenvalue weighted by atomic mass is 9.91. The van der Waals surface area contributed by atoms with Crippen molar-refractivity contribution in [2.75, 3.05) is 13.1 Å². The Balaban J connectivity index is 1.29. The van der Waals surface area contributed by atoms with Crippen LogP contribution in [0.15, 0.2) is 53.6 Å². The van der Waals surface area contributed by atoms with Crippen molar-refractivity contribution in [3.8, 4) is 11.3 Å². The Bertz CT molecular complexity index is 1130. The maximum Gasteiger partial charge on any atom is 0.274 e. The fraction of sp³-hybridized carbons (Fsp3) is 0.444. The number of fused-ring (bicyclic) bond motifs is 1. The number of hydrogen-bond donors (Lipinski definition) is 1. The van der Waals surface area contributed by atoms with E-state index in [1.165, 1.54) is 18.5 Å². The van der Waals surface area contributed by atoms with Crippen LogP contribution < -0.4 is 5.32 Å². The predicted octanol–water partition coefficient (Wildman–Crippen LogP) is 4.39. The van der Waals surface area contributed by atoms with E-state index < -0.39 is 0 Å². The molecule has 1 N–H and O–H groups in total. The molecule has 2 aromatic heterocycles. The van der Waals surface area contributed by atoms with E-state index in [9.17, 15) is 4.79 Å². The lowest BCUT2D eigenvalue weighted by molar-refractivity contribution is 0.0753. The third kappa shape index (κ3) is 4.85. The fourth-order valence-electron chi connectivity index (χ4n) is 5.11. The van der Waals surface area contributed by atoms with Crippen LogP contribution in [-0.2, 0) is 25.9 Å². The van der Waals surface area contributed by atoms with Gasteiger partial charge in [-0.1, -0.05) is 54.4 Å². The topological polar surface area (TPSA) is 76.2 Å². The van der Waals surface area contributed by atoms with E-state index in [1.807, 2.05) is 52.1 Å². The smallest absolute Gasteiger partial charge is 0.274 e. The number of aromatic nitrogens is 3. The number of allylic oxidation sites excluding steroid dienone is 1. The molecule has 1 aromatic carbocycles. The molecular weight excluding hydrogens is 426 g/mol. The van der Waals surface area contributed by atoms with Gasteiger partial charge in [0, 0.05) is 48.6 Å². The number of carbonyl (C=O) groups is 1. The van der Waals surface area contributed by atoms with E-state index in [1.54, 1.807) is 0 Å². The number of nitrogens with zero attached hydrogens (tertiary/aromatic N) is 4. The van der Waals surface area contributed by atoms with Crippen molar-refractivity contribution in [1.29, 1.82) is 0 Å². The van der Waals surface area contributed by atoms with Crippen LogP contribution in [0.25, 0.3) is 11.3 Å². The number of carbonyl (C=O) groups excluding carboxylic acids is 1. The first kappa shape index (κ1) is 22.6. The van der Waals surface area contributed by atoms with Gasteiger partial charge >= 0.3 is 0 Å². The average Bonchev–Trinajstić information content (AvgIpc) is 3.38. The molecule has 1 atom stereocenters. The molecule has 0 radical (unpaired) electrons. The Morgan fingerprint density at radius 3 is 2.74 bits per heavy atom. The van der Waals surface area contributed by atoms with Gasteiger partial charge in [-0.15, -0.1) is 6.58 Å². The van der Waals surface area contributed by atoms with Crippen LogP contribution in [0.4, 0.5) is 0 Å². The zero-order valence-corrected chi connectivity index (χ0v) is 19.7. The number of benzene rings is 1. The second kappa shape index (κ2) is 10.4. The minimum absolute atomic E-state index is 0.0885. The van der Waals surface area contributed by atoms with Crippen LogP contribution in [0.3, 0.4) is 0 Å². The molecule has 1 saturated heterocycles. The van der Waals surface area contributed by atoms with E-state index in [-0.39, 0.29) is 11.9 Å². The fourth-order valence-corrected chi connectivity index (χ4v) is 5.11. The highest BCUT2D eigenvalue weighted by Gasteiger charge is 2.31. The third-order valence-corrected chi connectivity index (χ3v) is 6.93. The number of amides is 1. The van der Waals surface area contributed by atoms with Gasteiger partial charge in [0.15, 0.2) is 11.5 Å². The van der Waals surface area contributed by atoms with Gasteiger partial charge < -0.3 is 14.7 Å². The summed E-state index contributed by atoms with van der Waals surface area (Å²) in [7, 11) is 0. The Hall–Kier alpha value is -3.19. The van der Waals surface area contributed by atoms with Gasteiger partial charge in [0.05, 0.1) is 12.2 Å². The molecule has 7 nitrogen and oxygen atoms in total. The molecule has 0 bridgehead atoms. The SMILES string of the molecule is C=CCn1nc(C(=O)N2CCCCCC2)c2c1CCC(NCc1cc(-c3ccccc3)on1)C2. The molecule has 34 heavy (non-hydrogen) atoms. The number of rotatable bonds is 7. The Labute approximate surface area is 200 Å². The number of likely N-dealkylation sites (tertiary alicyclic amines) is 1. The summed E-state index contributed by atoms with van der Waals surface area (Å²) in [6.45, 7) is 6.81. The monoisotopic (exact) mass is 459 g/mol. The van der Waals surface area contributed by atoms with E-state index in [4.69, 9.17) is 9.62 Å². The lowest BCUT2D eigenvalue weighted by Gasteiger charge is -2.25. The van der Waals surface area contributed by atoms with Gasteiger partial charge in [-0.05, 0) is 32.1 Å². The molecule has 178 valence electrons. The molecule has 7 heteroatoms. The molecule has 1 fully saturated rings. The Kier molecular flexibility index (Phi) is 6.90. The summed E-state index contributed by atoms with van der Waals surface area (Å²) < 4.78 is 7.52. The summed E-state index contributed by atoms with van der Waals surface area (Å²) in [5, 5.41) is 12.7. The van der Waals surface area contributed by atoms with Crippen LogP contribution in [0.5, 0.6) is 0 Å². The average molecular weight is 460 g/mol. The van der Waals surface area contributed by atoms with Crippen LogP contribution in [0, 0.1) is 0 Å². The van der Waals surface area contributed by atoms with E-state index in [0.29, 0.717) is 18.8 Å². The van der Waals surface area contributed by atoms with E-state index in [2.05, 4.69) is 17.1 Å². The first-order valence-corrected chi connectivity index (χ1v) is 12.5. The van der Waals surface area contributed by atoms with E-state index >= 15 is 0 Å². The molecule has 1 unspecified atom stereocenters. The van der Waals surface area contributed by atoms with Crippen LogP contribution in [-0.4, -0.2) is 44.9 Å². The lowest BCUT2D eigenvalue weighted by Crippen LogP contribution is -2.36. The first-order valence-electron chi connectivity index (χ1n) is 12.5. The molecular formula is C27H33N5O2. The largest absolute Gasteiger partial charge is 0.356 e. The summed E-state index contributed by atoms with van der Waals surface area (Å²) in [5.74, 6) is 0.866. The molecule has 3 heterocycles. The second-order valence-corrected chi connectivity index (χ2v) is 9.32. The van der Waals surface area contributed by atoms with Gasteiger partial charge in [0.25, 0.3) is 5.91 Å². The highest BCUT2D eigenvalue weighted by molar-refractivity contribution is 5.94. The predicted molar refractivity (Wildman–Crippen MR) is 131 cm³/mol. The molecule has 2 aliphatic rings. The van der Waals surface area contributed by atoms with Crippen molar-refractivity contribution < 1.29 is 9.32 Å². The van der Waals surface area contributed by atoms with Gasteiger partial charge in [-0.2, -0.15) is 5.10 Å². The summed E-state index contributed by atoms with van der Waals surface area (Å²) >= 11 is 0. The minimum Gasteiger partial charge on any atom is -0.356 e. The zero-order valence-electron chi connectivity index (χ0n) is 19.7. The molecule has 0 spiro atoms. The third-order valence-electron chi connectivity index (χ3n) is 6.93. The minimum atomic E-state index is 0.0885. The van der Waals surface area contributed by atoms with Crippen LogP contribution in [0.1, 0.15) is 59.5 Å². The first-order chi connectivity index (χ1) is 16.7. The Morgan fingerprint density at radius 2 is 1.97 bits per heavy atom. The highest BCUT2D eigenvalue weighted by Crippen LogP contribution is 2.27. The molecule has 1 amide bonds. The zero-order chi connectivity index (χ0) is 23.3. The Morgan fingerprint density at radius 1 is 1.18 bits per heavy atom. The van der Waals surface area contributed by atoms with Crippen molar-refractivity contribution in [1.82, 2.24) is 25.2 Å². The molecule has 3 aromatic rings. The number of hydrogen-bond acceptors (Lipinski definition) is 5. The summed E-state index contributed by atoms with van der Waals surface area (Å²) in [4.78, 5) is 15.5. The van der Waals surface area contributed by atoms with Gasteiger partial charge in [0.1, 0.15) is 0 Å². The van der Waals surface area contributed by atoms with E-state index in [0.717, 1.165) is 67.8 Å². The normalized spacial score (nSPS) is 18.4. The molecule has 1 aliphatic carbocycles. The summed E-state index contributed by atoms with van der Waals surface area (Å²) in [5.41, 5.74) is 4.83. The van der Waals surface area contributed by atoms with Crippen LogP contribution >= 0.6 is 0 Å². The van der Waals surface area contributed by atoms with Gasteiger partial charge in [-0.3, -0.25) is 9.48 Å². The maximum atomic E-state index is 13.4. The van der Waals surface area contributed by atoms with Crippen molar-refractivity contribution in [2.45, 2.75) is 64.1 Å². The molecule has 0 saturated carbocycles. The number of nitrogens with one attached hydrogen (secondary N) is 1. The standard InChI is InChI=1S/C27H33N5O2/c1-2-14-32-24-13-12-21(28-19-22-18-25(34-30-22)20-10-6-5-7-11-20)17-23(24)26(29-32)27(33)31-15-8-3-4-9-16-31/h2,5-7,10-11,18,21,28H,1,3-4,8-9,12-17,19H2. The molecule has 1 aliphatic heterocycles. The van der Waals surface area contributed by atoms with Crippen molar-refractivity contribution in [3.63, 3.8) is 0 Å². The second-order valence-electron chi connectivity index (χ2n) is 9.32. The van der Waals surface area contributed by atoms with Crippen molar-refractivity contribution in [3.05, 3.63) is 71.7 Å². The van der Waals surface area contributed by atoms with Gasteiger partial charge in [-0.25, -0.2) is 0 Å². The van der Waals surface area contributed by atoms with Crippen molar-refractivity contribution >= 4 is 5.91 Å². The quantitative estimate of drug-likeness (QED) is 0.531. The van der Waals surface area contributed by atoms with Gasteiger partial charge in [0.2, 0.25) is 0 Å². The highest BCUT2D eigenvalue weighted by atomic mass is 16.5. The summed E-state index contributed by atoms with van der Waals surface area (Å²) in [6, 6.07) is 12.3. The van der Waals surface area contributed by atoms with Crippen molar-refractivity contribution in [2.24, 2.45) is 0 Å². The van der Waals surface area contributed by atoms with Crippen LogP contribution in [0.2, 0.25) is 0 Å². The maximum absolute atomic E-state index is 13.4.